The number of aryl methyl sites for hydroxylation is 1. The van der Waals surface area contributed by atoms with Gasteiger partial charge in [-0.3, -0.25) is 4.79 Å². The van der Waals surface area contributed by atoms with E-state index in [1.54, 1.807) is 43.3 Å². The number of benzene rings is 2. The topological polar surface area (TPSA) is 75.1 Å². The Morgan fingerprint density at radius 3 is 2.41 bits per heavy atom. The van der Waals surface area contributed by atoms with Crippen LogP contribution in [0.25, 0.3) is 22.5 Å². The van der Waals surface area contributed by atoms with Gasteiger partial charge in [-0.1, -0.05) is 30.3 Å². The molecule has 1 aliphatic heterocycles. The number of fused-ring (bicyclic) bond motifs is 3. The van der Waals surface area contributed by atoms with Gasteiger partial charge in [-0.25, -0.2) is 9.36 Å². The summed E-state index contributed by atoms with van der Waals surface area (Å²) in [7, 11) is 0. The molecule has 0 fully saturated rings. The van der Waals surface area contributed by atoms with Crippen molar-refractivity contribution in [3.05, 3.63) is 64.1 Å². The van der Waals surface area contributed by atoms with Crippen LogP contribution in [0.2, 0.25) is 0 Å². The molecular formula is C17H12N2O3. The minimum absolute atomic E-state index is 0.101. The van der Waals surface area contributed by atoms with E-state index in [9.17, 15) is 14.7 Å². The first kappa shape index (κ1) is 12.6. The molecule has 2 heterocycles. The predicted molar refractivity (Wildman–Crippen MR) is 82.1 cm³/mol. The largest absolute Gasteiger partial charge is 0.507 e. The number of aromatic hydroxyl groups is 1. The number of nitrogens with one attached hydrogen (secondary N) is 1. The van der Waals surface area contributed by atoms with Gasteiger partial charge >= 0.3 is 5.69 Å². The monoisotopic (exact) mass is 292 g/mol. The van der Waals surface area contributed by atoms with Gasteiger partial charge in [0.15, 0.2) is 0 Å². The lowest BCUT2D eigenvalue weighted by Crippen LogP contribution is -2.21. The molecule has 0 aliphatic carbocycles. The highest BCUT2D eigenvalue weighted by molar-refractivity contribution is 6.11. The number of phenols is 1. The minimum Gasteiger partial charge on any atom is -0.507 e. The standard InChI is InChI=1S/C17H12N2O3/c1-9-5-4-8-12(15(9)20)13-14-10-6-2-3-7-11(10)16(21)19(14)17(22)18-13/h2-8,20H,1H3,(H,18,22). The number of phenolic OH excluding ortho intramolecular Hbond substituents is 1. The smallest absolute Gasteiger partial charge is 0.333 e. The van der Waals surface area contributed by atoms with Crippen molar-refractivity contribution in [3.8, 4) is 28.3 Å². The number of aromatic amines is 1. The maximum absolute atomic E-state index is 12.4. The molecular weight excluding hydrogens is 280 g/mol. The lowest BCUT2D eigenvalue weighted by molar-refractivity contribution is 0.0965. The van der Waals surface area contributed by atoms with E-state index in [0.717, 1.165) is 4.57 Å². The van der Waals surface area contributed by atoms with Crippen LogP contribution >= 0.6 is 0 Å². The number of para-hydroxylation sites is 1. The average Bonchev–Trinajstić information content (AvgIpc) is 3.00. The molecule has 108 valence electrons. The Hall–Kier alpha value is -3.08. The number of hydrogen-bond donors (Lipinski definition) is 2. The second-order valence-electron chi connectivity index (χ2n) is 5.31. The number of nitrogens with zero attached hydrogens (tertiary/aromatic N) is 1. The summed E-state index contributed by atoms with van der Waals surface area (Å²) in [5, 5.41) is 10.3. The lowest BCUT2D eigenvalue weighted by atomic mass is 10.0. The van der Waals surface area contributed by atoms with Crippen molar-refractivity contribution in [2.24, 2.45) is 0 Å². The van der Waals surface area contributed by atoms with Crippen LogP contribution in [-0.2, 0) is 0 Å². The summed E-state index contributed by atoms with van der Waals surface area (Å²) < 4.78 is 1.13. The summed E-state index contributed by atoms with van der Waals surface area (Å²) in [6, 6.07) is 12.4. The highest BCUT2D eigenvalue weighted by atomic mass is 16.3. The van der Waals surface area contributed by atoms with Crippen LogP contribution in [0.5, 0.6) is 5.75 Å². The fourth-order valence-electron chi connectivity index (χ4n) is 2.94. The van der Waals surface area contributed by atoms with Crippen LogP contribution in [0.4, 0.5) is 0 Å². The molecule has 0 amide bonds. The van der Waals surface area contributed by atoms with E-state index in [1.165, 1.54) is 0 Å². The summed E-state index contributed by atoms with van der Waals surface area (Å²) in [6.45, 7) is 1.78. The van der Waals surface area contributed by atoms with E-state index in [-0.39, 0.29) is 11.7 Å². The second kappa shape index (κ2) is 4.21. The molecule has 22 heavy (non-hydrogen) atoms. The average molecular weight is 292 g/mol. The van der Waals surface area contributed by atoms with E-state index in [0.29, 0.717) is 33.6 Å². The first-order valence-corrected chi connectivity index (χ1v) is 6.87. The molecule has 1 aliphatic rings. The Balaban J connectivity index is 2.10. The van der Waals surface area contributed by atoms with Crippen molar-refractivity contribution in [2.75, 3.05) is 0 Å². The van der Waals surface area contributed by atoms with Gasteiger partial charge in [0.25, 0.3) is 5.91 Å². The molecule has 5 nitrogen and oxygen atoms in total. The first-order valence-electron chi connectivity index (χ1n) is 6.87. The van der Waals surface area contributed by atoms with Crippen molar-refractivity contribution in [3.63, 3.8) is 0 Å². The van der Waals surface area contributed by atoms with Crippen molar-refractivity contribution in [1.29, 1.82) is 0 Å². The Morgan fingerprint density at radius 1 is 0.955 bits per heavy atom. The quantitative estimate of drug-likeness (QED) is 0.566. The lowest BCUT2D eigenvalue weighted by Gasteiger charge is -2.07. The maximum atomic E-state index is 12.4. The molecule has 0 spiro atoms. The van der Waals surface area contributed by atoms with E-state index in [2.05, 4.69) is 4.98 Å². The first-order chi connectivity index (χ1) is 10.6. The second-order valence-corrected chi connectivity index (χ2v) is 5.31. The van der Waals surface area contributed by atoms with Gasteiger partial charge in [0.05, 0.1) is 11.4 Å². The molecule has 1 aromatic heterocycles. The summed E-state index contributed by atoms with van der Waals surface area (Å²) in [4.78, 5) is 27.3. The van der Waals surface area contributed by atoms with Crippen molar-refractivity contribution in [1.82, 2.24) is 9.55 Å². The molecule has 0 radical (unpaired) electrons. The predicted octanol–water partition coefficient (Wildman–Crippen LogP) is 2.53. The van der Waals surface area contributed by atoms with Crippen LogP contribution in [0.15, 0.2) is 47.3 Å². The maximum Gasteiger partial charge on any atom is 0.333 e. The van der Waals surface area contributed by atoms with Crippen LogP contribution in [0.1, 0.15) is 15.9 Å². The Labute approximate surface area is 125 Å². The number of H-pyrrole nitrogens is 1. The van der Waals surface area contributed by atoms with Gasteiger partial charge in [-0.2, -0.15) is 0 Å². The third-order valence-corrected chi connectivity index (χ3v) is 4.02. The van der Waals surface area contributed by atoms with Gasteiger partial charge in [0.2, 0.25) is 0 Å². The van der Waals surface area contributed by atoms with Gasteiger partial charge in [-0.05, 0) is 24.6 Å². The van der Waals surface area contributed by atoms with Gasteiger partial charge < -0.3 is 10.1 Å². The third kappa shape index (κ3) is 1.47. The fourth-order valence-corrected chi connectivity index (χ4v) is 2.94. The van der Waals surface area contributed by atoms with E-state index >= 15 is 0 Å². The highest BCUT2D eigenvalue weighted by Crippen LogP contribution is 2.40. The van der Waals surface area contributed by atoms with E-state index in [1.807, 2.05) is 6.07 Å². The fraction of sp³-hybridized carbons (Fsp3) is 0.0588. The summed E-state index contributed by atoms with van der Waals surface area (Å²) in [5.74, 6) is -0.241. The van der Waals surface area contributed by atoms with Crippen molar-refractivity contribution in [2.45, 2.75) is 6.92 Å². The number of hydrogen-bond acceptors (Lipinski definition) is 3. The molecule has 0 atom stereocenters. The van der Waals surface area contributed by atoms with Crippen LogP contribution < -0.4 is 5.69 Å². The Bertz CT molecular complexity index is 995. The summed E-state index contributed by atoms with van der Waals surface area (Å²) >= 11 is 0. The zero-order valence-corrected chi connectivity index (χ0v) is 11.8. The molecule has 3 aromatic rings. The SMILES string of the molecule is Cc1cccc(-c2[nH]c(=O)n3c2-c2ccccc2C3=O)c1O. The highest BCUT2D eigenvalue weighted by Gasteiger charge is 2.32. The number of rotatable bonds is 1. The van der Waals surface area contributed by atoms with Crippen molar-refractivity contribution >= 4 is 5.91 Å². The number of aromatic nitrogens is 2. The molecule has 0 bridgehead atoms. The molecule has 4 rings (SSSR count). The zero-order chi connectivity index (χ0) is 15.4. The Morgan fingerprint density at radius 2 is 1.64 bits per heavy atom. The number of imidazole rings is 1. The Kier molecular flexibility index (Phi) is 2.42. The normalized spacial score (nSPS) is 12.3. The summed E-state index contributed by atoms with van der Waals surface area (Å²) in [6.07, 6.45) is 0. The van der Waals surface area contributed by atoms with Crippen LogP contribution in [0.3, 0.4) is 0 Å². The minimum atomic E-state index is -0.493. The van der Waals surface area contributed by atoms with Crippen LogP contribution in [0, 0.1) is 6.92 Å². The van der Waals surface area contributed by atoms with Crippen LogP contribution in [-0.4, -0.2) is 20.6 Å². The number of carbonyl (C=O) groups is 1. The van der Waals surface area contributed by atoms with Gasteiger partial charge in [-0.15, -0.1) is 0 Å². The van der Waals surface area contributed by atoms with E-state index < -0.39 is 5.69 Å². The van der Waals surface area contributed by atoms with E-state index in [4.69, 9.17) is 0 Å². The third-order valence-electron chi connectivity index (χ3n) is 4.02. The molecule has 0 unspecified atom stereocenters. The molecule has 0 saturated heterocycles. The van der Waals surface area contributed by atoms with Gasteiger partial charge in [0.1, 0.15) is 5.75 Å². The zero-order valence-electron chi connectivity index (χ0n) is 11.8. The molecule has 0 saturated carbocycles. The molecule has 2 aromatic carbocycles. The molecule has 5 heteroatoms. The van der Waals surface area contributed by atoms with Crippen molar-refractivity contribution < 1.29 is 9.90 Å². The van der Waals surface area contributed by atoms with Gasteiger partial charge in [0, 0.05) is 16.7 Å². The number of carbonyl (C=O) groups excluding carboxylic acids is 1. The molecule has 2 N–H and O–H groups in total. The summed E-state index contributed by atoms with van der Waals surface area (Å²) in [5.41, 5.74) is 2.88.